The minimum atomic E-state index is -0.777. The predicted molar refractivity (Wildman–Crippen MR) is 131 cm³/mol. The van der Waals surface area contributed by atoms with Gasteiger partial charge in [0.1, 0.15) is 16.9 Å². The van der Waals surface area contributed by atoms with Crippen LogP contribution in [0.2, 0.25) is 0 Å². The monoisotopic (exact) mass is 484 g/mol. The highest BCUT2D eigenvalue weighted by molar-refractivity contribution is 8.00. The Morgan fingerprint density at radius 3 is 2.32 bits per heavy atom. The summed E-state index contributed by atoms with van der Waals surface area (Å²) in [6, 6.07) is 7.95. The van der Waals surface area contributed by atoms with Crippen LogP contribution in [0.1, 0.15) is 58.4 Å². The molecule has 180 valence electrons. The summed E-state index contributed by atoms with van der Waals surface area (Å²) in [5, 5.41) is 3.83. The van der Waals surface area contributed by atoms with Gasteiger partial charge >= 0.3 is 11.9 Å². The number of carbonyl (C=O) groups excluding carboxylic acids is 3. The van der Waals surface area contributed by atoms with Crippen molar-refractivity contribution in [3.63, 3.8) is 0 Å². The Hall–Kier alpha value is -3.33. The van der Waals surface area contributed by atoms with Crippen molar-refractivity contribution in [3.05, 3.63) is 52.3 Å². The summed E-state index contributed by atoms with van der Waals surface area (Å²) in [6.07, 6.45) is 0. The van der Waals surface area contributed by atoms with Crippen LogP contribution < -0.4 is 5.32 Å². The van der Waals surface area contributed by atoms with E-state index in [0.29, 0.717) is 5.03 Å². The largest absolute Gasteiger partial charge is 0.462 e. The fraction of sp³-hybridized carbons (Fsp3) is 0.360. The first-order valence-electron chi connectivity index (χ1n) is 11.0. The van der Waals surface area contributed by atoms with E-state index in [9.17, 15) is 14.4 Å². The van der Waals surface area contributed by atoms with Crippen LogP contribution >= 0.6 is 11.8 Å². The van der Waals surface area contributed by atoms with Crippen LogP contribution in [0.15, 0.2) is 33.7 Å². The van der Waals surface area contributed by atoms with Crippen molar-refractivity contribution in [2.45, 2.75) is 51.8 Å². The lowest BCUT2D eigenvalue weighted by Gasteiger charge is -2.13. The molecule has 1 unspecified atom stereocenters. The van der Waals surface area contributed by atoms with Crippen molar-refractivity contribution in [3.8, 4) is 0 Å². The fourth-order valence-corrected chi connectivity index (χ4v) is 4.44. The number of ether oxygens (including phenoxy) is 2. The highest BCUT2D eigenvalue weighted by atomic mass is 32.2. The van der Waals surface area contributed by atoms with Crippen molar-refractivity contribution in [1.29, 1.82) is 0 Å². The van der Waals surface area contributed by atoms with E-state index < -0.39 is 23.1 Å². The molecule has 1 atom stereocenters. The topological polar surface area (TPSA) is 108 Å². The molecule has 0 aliphatic heterocycles. The standard InChI is InChI=1S/C25H28N2O6S/c1-7-31-24(29)19-15(5)33-23(20(19)25(30)32-8-2)27-22(28)16(6)34-18-12-14(4)17-11-9-10-13(3)21(17)26-18/h9-12,16H,7-8H2,1-6H3,(H,27,28). The molecule has 0 spiro atoms. The van der Waals surface area contributed by atoms with Gasteiger partial charge in [-0.2, -0.15) is 0 Å². The van der Waals surface area contributed by atoms with E-state index in [0.717, 1.165) is 22.0 Å². The van der Waals surface area contributed by atoms with Gasteiger partial charge in [-0.05, 0) is 58.7 Å². The molecular weight excluding hydrogens is 456 g/mol. The van der Waals surface area contributed by atoms with E-state index in [1.165, 1.54) is 18.7 Å². The lowest BCUT2D eigenvalue weighted by molar-refractivity contribution is -0.115. The highest BCUT2D eigenvalue weighted by Gasteiger charge is 2.32. The first-order chi connectivity index (χ1) is 16.2. The van der Waals surface area contributed by atoms with Gasteiger partial charge in [-0.15, -0.1) is 0 Å². The zero-order chi connectivity index (χ0) is 25.0. The van der Waals surface area contributed by atoms with Gasteiger partial charge in [-0.25, -0.2) is 14.6 Å². The third-order valence-corrected chi connectivity index (χ3v) is 6.19. The second kappa shape index (κ2) is 10.7. The van der Waals surface area contributed by atoms with Gasteiger partial charge in [0.15, 0.2) is 0 Å². The van der Waals surface area contributed by atoms with Gasteiger partial charge in [0.25, 0.3) is 0 Å². The number of esters is 2. The molecule has 1 aromatic carbocycles. The molecule has 0 saturated carbocycles. The van der Waals surface area contributed by atoms with Gasteiger partial charge in [-0.3, -0.25) is 10.1 Å². The number of amides is 1. The number of benzene rings is 1. The minimum Gasteiger partial charge on any atom is -0.462 e. The van der Waals surface area contributed by atoms with Crippen LogP contribution in [-0.2, 0) is 14.3 Å². The molecule has 1 N–H and O–H groups in total. The number of nitrogens with one attached hydrogen (secondary N) is 1. The maximum atomic E-state index is 13.0. The molecule has 0 aliphatic carbocycles. The van der Waals surface area contributed by atoms with E-state index in [2.05, 4.69) is 5.32 Å². The Balaban J connectivity index is 1.87. The number of rotatable bonds is 8. The number of thioether (sulfide) groups is 1. The summed E-state index contributed by atoms with van der Waals surface area (Å²) in [6.45, 7) is 10.8. The summed E-state index contributed by atoms with van der Waals surface area (Å²) < 4.78 is 15.7. The molecule has 0 radical (unpaired) electrons. The lowest BCUT2D eigenvalue weighted by Crippen LogP contribution is -2.24. The summed E-state index contributed by atoms with van der Waals surface area (Å²) in [4.78, 5) is 42.7. The number of hydrogen-bond donors (Lipinski definition) is 1. The minimum absolute atomic E-state index is 0.0572. The number of para-hydroxylation sites is 1. The van der Waals surface area contributed by atoms with Crippen LogP contribution in [0.3, 0.4) is 0 Å². The Morgan fingerprint density at radius 2 is 1.68 bits per heavy atom. The van der Waals surface area contributed by atoms with Gasteiger partial charge in [0, 0.05) is 5.39 Å². The van der Waals surface area contributed by atoms with Crippen molar-refractivity contribution >= 4 is 46.4 Å². The third kappa shape index (κ3) is 5.25. The molecule has 1 amide bonds. The fourth-order valence-electron chi connectivity index (χ4n) is 3.52. The number of pyridine rings is 1. The van der Waals surface area contributed by atoms with E-state index in [1.807, 2.05) is 38.1 Å². The van der Waals surface area contributed by atoms with Crippen LogP contribution in [0.5, 0.6) is 0 Å². The summed E-state index contributed by atoms with van der Waals surface area (Å²) in [7, 11) is 0. The average molecular weight is 485 g/mol. The van der Waals surface area contributed by atoms with E-state index in [4.69, 9.17) is 18.9 Å². The normalized spacial score (nSPS) is 11.8. The Kier molecular flexibility index (Phi) is 7.98. The van der Waals surface area contributed by atoms with Gasteiger partial charge in [0.05, 0.1) is 29.0 Å². The van der Waals surface area contributed by atoms with E-state index in [1.54, 1.807) is 20.8 Å². The van der Waals surface area contributed by atoms with Crippen LogP contribution in [0.25, 0.3) is 10.9 Å². The number of furan rings is 1. The van der Waals surface area contributed by atoms with Crippen molar-refractivity contribution in [2.24, 2.45) is 0 Å². The smallest absolute Gasteiger partial charge is 0.344 e. The Morgan fingerprint density at radius 1 is 1.03 bits per heavy atom. The van der Waals surface area contributed by atoms with E-state index in [-0.39, 0.29) is 36.0 Å². The number of aryl methyl sites for hydroxylation is 3. The lowest BCUT2D eigenvalue weighted by atomic mass is 10.1. The molecule has 3 aromatic rings. The molecule has 0 fully saturated rings. The quantitative estimate of drug-likeness (QED) is 0.342. The SMILES string of the molecule is CCOC(=O)c1c(C)oc(NC(=O)C(C)Sc2cc(C)c3cccc(C)c3n2)c1C(=O)OCC. The number of carbonyl (C=O) groups is 3. The first kappa shape index (κ1) is 25.3. The molecule has 0 saturated heterocycles. The second-order valence-electron chi connectivity index (χ2n) is 7.68. The first-order valence-corrected chi connectivity index (χ1v) is 11.9. The third-order valence-electron chi connectivity index (χ3n) is 5.17. The van der Waals surface area contributed by atoms with Gasteiger partial charge in [-0.1, -0.05) is 30.0 Å². The number of fused-ring (bicyclic) bond motifs is 1. The number of hydrogen-bond acceptors (Lipinski definition) is 8. The Bertz CT molecular complexity index is 1250. The van der Waals surface area contributed by atoms with Gasteiger partial charge < -0.3 is 13.9 Å². The molecule has 8 nitrogen and oxygen atoms in total. The molecule has 0 aliphatic rings. The molecular formula is C25H28N2O6S. The molecule has 2 aromatic heterocycles. The van der Waals surface area contributed by atoms with Crippen molar-refractivity contribution < 1.29 is 28.3 Å². The maximum Gasteiger partial charge on any atom is 0.344 e. The second-order valence-corrected chi connectivity index (χ2v) is 9.04. The molecule has 0 bridgehead atoms. The van der Waals surface area contributed by atoms with Gasteiger partial charge in [0.2, 0.25) is 11.8 Å². The summed E-state index contributed by atoms with van der Waals surface area (Å²) >= 11 is 1.29. The van der Waals surface area contributed by atoms with Crippen molar-refractivity contribution in [2.75, 3.05) is 18.5 Å². The van der Waals surface area contributed by atoms with Crippen molar-refractivity contribution in [1.82, 2.24) is 4.98 Å². The van der Waals surface area contributed by atoms with Crippen LogP contribution in [-0.4, -0.2) is 41.3 Å². The average Bonchev–Trinajstić information content (AvgIpc) is 3.10. The summed E-state index contributed by atoms with van der Waals surface area (Å²) in [5.74, 6) is -1.90. The predicted octanol–water partition coefficient (Wildman–Crippen LogP) is 5.23. The summed E-state index contributed by atoms with van der Waals surface area (Å²) in [5.41, 5.74) is 2.80. The molecule has 34 heavy (non-hydrogen) atoms. The number of nitrogens with zero attached hydrogens (tertiary/aromatic N) is 1. The van der Waals surface area contributed by atoms with Crippen LogP contribution in [0, 0.1) is 20.8 Å². The van der Waals surface area contributed by atoms with E-state index >= 15 is 0 Å². The molecule has 9 heteroatoms. The zero-order valence-corrected chi connectivity index (χ0v) is 20.9. The maximum absolute atomic E-state index is 13.0. The number of aromatic nitrogens is 1. The zero-order valence-electron chi connectivity index (χ0n) is 20.1. The number of anilines is 1. The van der Waals surface area contributed by atoms with Crippen LogP contribution in [0.4, 0.5) is 5.88 Å². The molecule has 3 rings (SSSR count). The Labute approximate surface area is 202 Å². The highest BCUT2D eigenvalue weighted by Crippen LogP contribution is 2.31. The molecule has 2 heterocycles.